The van der Waals surface area contributed by atoms with Crippen LogP contribution in [0.15, 0.2) is 0 Å². The third kappa shape index (κ3) is 6.14. The minimum atomic E-state index is -2.36. The quantitative estimate of drug-likeness (QED) is 0.273. The van der Waals surface area contributed by atoms with Crippen molar-refractivity contribution in [2.45, 2.75) is 24.4 Å². The van der Waals surface area contributed by atoms with Gasteiger partial charge in [0.15, 0.2) is 12.2 Å². The van der Waals surface area contributed by atoms with Gasteiger partial charge in [-0.25, -0.2) is 9.59 Å². The van der Waals surface area contributed by atoms with E-state index < -0.39 is 36.4 Å². The summed E-state index contributed by atoms with van der Waals surface area (Å²) in [4.78, 5) is 20.2. The van der Waals surface area contributed by atoms with E-state index in [1.165, 1.54) is 0 Å². The summed E-state index contributed by atoms with van der Waals surface area (Å²) in [6, 6.07) is 0. The Hall–Kier alpha value is 0.299. The topological polar surface area (TPSA) is 156 Å². The van der Waals surface area contributed by atoms with Crippen LogP contribution in [0.2, 0.25) is 0 Å². The van der Waals surface area contributed by atoms with Crippen LogP contribution in [0.4, 0.5) is 0 Å². The van der Waals surface area contributed by atoms with Crippen LogP contribution < -0.4 is 29.6 Å². The molecule has 0 heterocycles. The summed E-state index contributed by atoms with van der Waals surface area (Å²) in [5, 5.41) is 51.5. The van der Waals surface area contributed by atoms with Crippen molar-refractivity contribution in [2.24, 2.45) is 0 Å². The Morgan fingerprint density at radius 3 is 1.12 bits per heavy atom. The van der Waals surface area contributed by atoms with E-state index in [9.17, 15) is 9.59 Å². The number of aliphatic carboxylic acids is 2. The summed E-state index contributed by atoms with van der Waals surface area (Å²) < 4.78 is 0. The molecule has 0 radical (unpaired) electrons. The Bertz CT molecular complexity index is 218. The number of carboxylic acids is 2. The molecule has 0 aromatic rings. The summed E-state index contributed by atoms with van der Waals surface area (Å²) in [6.45, 7) is 0. The zero-order chi connectivity index (χ0) is 11.5. The number of hydrogen-bond donors (Lipinski definition) is 6. The van der Waals surface area contributed by atoms with E-state index in [2.05, 4.69) is 0 Å². The van der Waals surface area contributed by atoms with Gasteiger partial charge in [0.25, 0.3) is 0 Å². The maximum atomic E-state index is 10.1. The summed E-state index contributed by atoms with van der Waals surface area (Å²) in [5.74, 6) is -3.68. The first-order valence-electron chi connectivity index (χ1n) is 3.47. The molecule has 92 valence electrons. The van der Waals surface area contributed by atoms with Crippen molar-refractivity contribution in [1.82, 2.24) is 0 Å². The molecular weight excluding hydrogens is 279 g/mol. The van der Waals surface area contributed by atoms with Crippen LogP contribution in [-0.4, -0.2) is 67.0 Å². The van der Waals surface area contributed by atoms with Crippen LogP contribution >= 0.6 is 0 Å². The van der Waals surface area contributed by atoms with Gasteiger partial charge in [0.05, 0.1) is 0 Å². The first-order valence-corrected chi connectivity index (χ1v) is 3.47. The summed E-state index contributed by atoms with van der Waals surface area (Å²) in [7, 11) is 0. The van der Waals surface area contributed by atoms with Crippen molar-refractivity contribution in [2.75, 3.05) is 0 Å². The molecule has 8 nitrogen and oxygen atoms in total. The van der Waals surface area contributed by atoms with E-state index in [0.29, 0.717) is 0 Å². The fourth-order valence-corrected chi connectivity index (χ4v) is 0.666. The number of carboxylic acid groups (broad SMARTS) is 2. The molecule has 0 spiro atoms. The van der Waals surface area contributed by atoms with Crippen LogP contribution in [0.1, 0.15) is 1.43 Å². The van der Waals surface area contributed by atoms with Crippen molar-refractivity contribution >= 4 is 11.9 Å². The molecule has 0 aromatic heterocycles. The Kier molecular flexibility index (Phi) is 12.6. The molecular formula is C6H11FeNaO8. The van der Waals surface area contributed by atoms with E-state index in [-0.39, 0.29) is 48.1 Å². The van der Waals surface area contributed by atoms with E-state index in [1.54, 1.807) is 0 Å². The van der Waals surface area contributed by atoms with Crippen LogP contribution in [0.25, 0.3) is 0 Å². The standard InChI is InChI=1S/C6H10O8.Fe.Na.H/c7-1(3(9)5(11)12)2(8)4(10)6(13)14;;;/h1-4,7-10H,(H,11,12)(H,13,14);;;/q;;+1;-1. The predicted octanol–water partition coefficient (Wildman–Crippen LogP) is -6.29. The largest absolute Gasteiger partial charge is 1.00 e. The Morgan fingerprint density at radius 1 is 0.812 bits per heavy atom. The summed E-state index contributed by atoms with van der Waals surface area (Å²) >= 11 is 0. The molecule has 0 saturated heterocycles. The van der Waals surface area contributed by atoms with Crippen molar-refractivity contribution in [1.29, 1.82) is 0 Å². The smallest absolute Gasteiger partial charge is 1.00 e. The fourth-order valence-electron chi connectivity index (χ4n) is 0.666. The van der Waals surface area contributed by atoms with Crippen LogP contribution in [0.3, 0.4) is 0 Å². The molecule has 0 aliphatic carbocycles. The maximum absolute atomic E-state index is 10.1. The third-order valence-corrected chi connectivity index (χ3v) is 1.50. The first-order chi connectivity index (χ1) is 6.29. The number of carbonyl (C=O) groups is 2. The molecule has 0 bridgehead atoms. The van der Waals surface area contributed by atoms with E-state index in [1.807, 2.05) is 0 Å². The van der Waals surface area contributed by atoms with Crippen LogP contribution in [0, 0.1) is 0 Å². The number of aliphatic hydroxyl groups is 4. The molecule has 6 N–H and O–H groups in total. The molecule has 0 saturated carbocycles. The Balaban J connectivity index is -0.000000282. The normalized spacial score (nSPS) is 17.0. The second-order valence-corrected chi connectivity index (χ2v) is 2.55. The molecule has 0 aromatic carbocycles. The van der Waals surface area contributed by atoms with Crippen molar-refractivity contribution in [3.05, 3.63) is 0 Å². The average molecular weight is 290 g/mol. The van der Waals surface area contributed by atoms with Gasteiger partial charge in [0.2, 0.25) is 0 Å². The predicted molar refractivity (Wildman–Crippen MR) is 40.4 cm³/mol. The molecule has 0 fully saturated rings. The first kappa shape index (κ1) is 21.6. The Labute approximate surface area is 124 Å². The fraction of sp³-hybridized carbons (Fsp3) is 0.667. The molecule has 4 unspecified atom stereocenters. The van der Waals surface area contributed by atoms with Gasteiger partial charge in [-0.15, -0.1) is 0 Å². The van der Waals surface area contributed by atoms with Gasteiger partial charge in [-0.2, -0.15) is 0 Å². The number of rotatable bonds is 5. The molecule has 0 amide bonds. The molecule has 4 atom stereocenters. The SMILES string of the molecule is O=C(O)C(O)C(O)C(O)C(O)C(=O)O.[Fe].[H-].[Na+]. The van der Waals surface area contributed by atoms with Gasteiger partial charge < -0.3 is 32.1 Å². The van der Waals surface area contributed by atoms with Gasteiger partial charge in [-0.1, -0.05) is 0 Å². The molecule has 16 heavy (non-hydrogen) atoms. The van der Waals surface area contributed by atoms with E-state index in [4.69, 9.17) is 30.6 Å². The van der Waals surface area contributed by atoms with Gasteiger partial charge >= 0.3 is 41.5 Å². The minimum Gasteiger partial charge on any atom is -1.00 e. The maximum Gasteiger partial charge on any atom is 1.00 e. The van der Waals surface area contributed by atoms with Crippen LogP contribution in [-0.2, 0) is 26.7 Å². The van der Waals surface area contributed by atoms with E-state index in [0.717, 1.165) is 0 Å². The molecule has 0 aliphatic rings. The second-order valence-electron chi connectivity index (χ2n) is 2.55. The van der Waals surface area contributed by atoms with Gasteiger partial charge in [-0.3, -0.25) is 0 Å². The average Bonchev–Trinajstić information content (AvgIpc) is 2.12. The monoisotopic (exact) mass is 290 g/mol. The molecule has 10 heteroatoms. The molecule has 0 aliphatic heterocycles. The minimum absolute atomic E-state index is 0. The van der Waals surface area contributed by atoms with Gasteiger partial charge in [0, 0.05) is 17.1 Å². The molecule has 0 rings (SSSR count). The van der Waals surface area contributed by atoms with Crippen LogP contribution in [0.5, 0.6) is 0 Å². The summed E-state index contributed by atoms with van der Waals surface area (Å²) in [5.41, 5.74) is 0. The number of aliphatic hydroxyl groups excluding tert-OH is 4. The zero-order valence-electron chi connectivity index (χ0n) is 9.16. The third-order valence-electron chi connectivity index (χ3n) is 1.50. The second kappa shape index (κ2) is 9.34. The summed E-state index contributed by atoms with van der Waals surface area (Å²) in [6.07, 6.45) is -9.28. The van der Waals surface area contributed by atoms with Crippen molar-refractivity contribution < 1.29 is 88.3 Å². The van der Waals surface area contributed by atoms with Crippen molar-refractivity contribution in [3.63, 3.8) is 0 Å². The van der Waals surface area contributed by atoms with Gasteiger partial charge in [-0.05, 0) is 0 Å². The zero-order valence-corrected chi connectivity index (χ0v) is 11.3. The van der Waals surface area contributed by atoms with Crippen molar-refractivity contribution in [3.8, 4) is 0 Å². The number of hydrogen-bond acceptors (Lipinski definition) is 6. The van der Waals surface area contributed by atoms with Gasteiger partial charge in [0.1, 0.15) is 12.2 Å². The van der Waals surface area contributed by atoms with E-state index >= 15 is 0 Å². The Morgan fingerprint density at radius 2 is 1.00 bits per heavy atom.